The number of nitrogens with zero attached hydrogens (tertiary/aromatic N) is 2. The van der Waals surface area contributed by atoms with E-state index in [0.717, 1.165) is 5.69 Å². The van der Waals surface area contributed by atoms with Gasteiger partial charge >= 0.3 is 0 Å². The van der Waals surface area contributed by atoms with E-state index in [2.05, 4.69) is 25.8 Å². The molecule has 1 aromatic rings. The standard InChI is InChI=1S/C14H20N2O2/c1-14(2,3)12-5-4-11(10-15-12)13(17)16-6-8-18-9-7-16/h4-5,10H,6-9H2,1-3H3. The quantitative estimate of drug-likeness (QED) is 0.761. The van der Waals surface area contributed by atoms with Gasteiger partial charge in [0.15, 0.2) is 0 Å². The molecule has 0 aliphatic carbocycles. The van der Waals surface area contributed by atoms with Gasteiger partial charge in [-0.15, -0.1) is 0 Å². The summed E-state index contributed by atoms with van der Waals surface area (Å²) < 4.78 is 5.24. The average molecular weight is 248 g/mol. The van der Waals surface area contributed by atoms with Gasteiger partial charge in [-0.2, -0.15) is 0 Å². The lowest BCUT2D eigenvalue weighted by atomic mass is 9.91. The molecule has 0 atom stereocenters. The molecule has 0 spiro atoms. The van der Waals surface area contributed by atoms with Crippen LogP contribution in [0, 0.1) is 0 Å². The second-order valence-corrected chi connectivity index (χ2v) is 5.59. The van der Waals surface area contributed by atoms with Crippen molar-refractivity contribution in [2.24, 2.45) is 0 Å². The van der Waals surface area contributed by atoms with Gasteiger partial charge in [-0.1, -0.05) is 20.8 Å². The molecule has 0 aromatic carbocycles. The highest BCUT2D eigenvalue weighted by Crippen LogP contribution is 2.20. The molecule has 98 valence electrons. The van der Waals surface area contributed by atoms with Crippen molar-refractivity contribution in [3.05, 3.63) is 29.6 Å². The topological polar surface area (TPSA) is 42.4 Å². The van der Waals surface area contributed by atoms with E-state index in [-0.39, 0.29) is 11.3 Å². The minimum Gasteiger partial charge on any atom is -0.378 e. The van der Waals surface area contributed by atoms with E-state index in [1.165, 1.54) is 0 Å². The van der Waals surface area contributed by atoms with E-state index in [1.807, 2.05) is 17.0 Å². The molecule has 0 bridgehead atoms. The first-order chi connectivity index (χ1) is 8.48. The van der Waals surface area contributed by atoms with E-state index < -0.39 is 0 Å². The van der Waals surface area contributed by atoms with Gasteiger partial charge < -0.3 is 9.64 Å². The summed E-state index contributed by atoms with van der Waals surface area (Å²) in [6, 6.07) is 3.80. The lowest BCUT2D eigenvalue weighted by Gasteiger charge is -2.27. The molecule has 18 heavy (non-hydrogen) atoms. The highest BCUT2D eigenvalue weighted by atomic mass is 16.5. The second kappa shape index (κ2) is 5.06. The highest BCUT2D eigenvalue weighted by Gasteiger charge is 2.20. The van der Waals surface area contributed by atoms with E-state index in [0.29, 0.717) is 31.9 Å². The van der Waals surface area contributed by atoms with Gasteiger partial charge in [0.2, 0.25) is 0 Å². The number of pyridine rings is 1. The Hall–Kier alpha value is -1.42. The van der Waals surface area contributed by atoms with Crippen molar-refractivity contribution in [1.29, 1.82) is 0 Å². The fourth-order valence-corrected chi connectivity index (χ4v) is 1.91. The van der Waals surface area contributed by atoms with Crippen LogP contribution in [0.2, 0.25) is 0 Å². The summed E-state index contributed by atoms with van der Waals surface area (Å²) in [4.78, 5) is 18.4. The van der Waals surface area contributed by atoms with Gasteiger partial charge in [-0.25, -0.2) is 0 Å². The second-order valence-electron chi connectivity index (χ2n) is 5.59. The Balaban J connectivity index is 2.11. The third-order valence-corrected chi connectivity index (χ3v) is 3.08. The first-order valence-corrected chi connectivity index (χ1v) is 6.32. The lowest BCUT2D eigenvalue weighted by molar-refractivity contribution is 0.0302. The van der Waals surface area contributed by atoms with Crippen LogP contribution in [0.4, 0.5) is 0 Å². The van der Waals surface area contributed by atoms with Gasteiger partial charge in [0.25, 0.3) is 5.91 Å². The summed E-state index contributed by atoms with van der Waals surface area (Å²) in [5, 5.41) is 0. The van der Waals surface area contributed by atoms with E-state index in [9.17, 15) is 4.79 Å². The molecule has 2 heterocycles. The Bertz CT molecular complexity index is 414. The summed E-state index contributed by atoms with van der Waals surface area (Å²) >= 11 is 0. The zero-order valence-corrected chi connectivity index (χ0v) is 11.3. The first kappa shape index (κ1) is 13.0. The molecule has 2 rings (SSSR count). The SMILES string of the molecule is CC(C)(C)c1ccc(C(=O)N2CCOCC2)cn1. The molecule has 1 saturated heterocycles. The maximum atomic E-state index is 12.2. The van der Waals surface area contributed by atoms with Gasteiger partial charge in [-0.05, 0) is 12.1 Å². The van der Waals surface area contributed by atoms with Gasteiger partial charge in [-0.3, -0.25) is 9.78 Å². The molecule has 1 aromatic heterocycles. The largest absolute Gasteiger partial charge is 0.378 e. The highest BCUT2D eigenvalue weighted by molar-refractivity contribution is 5.94. The Morgan fingerprint density at radius 3 is 2.44 bits per heavy atom. The molecule has 4 heteroatoms. The molecule has 1 aliphatic heterocycles. The van der Waals surface area contributed by atoms with Crippen molar-refractivity contribution in [2.75, 3.05) is 26.3 Å². The number of hydrogen-bond donors (Lipinski definition) is 0. The minimum absolute atomic E-state index is 0.0144. The molecule has 0 N–H and O–H groups in total. The van der Waals surface area contributed by atoms with Crippen LogP contribution in [0.25, 0.3) is 0 Å². The number of hydrogen-bond acceptors (Lipinski definition) is 3. The van der Waals surface area contributed by atoms with Crippen LogP contribution >= 0.6 is 0 Å². The maximum absolute atomic E-state index is 12.2. The third kappa shape index (κ3) is 2.88. The van der Waals surface area contributed by atoms with Gasteiger partial charge in [0, 0.05) is 30.4 Å². The Morgan fingerprint density at radius 2 is 1.94 bits per heavy atom. The Morgan fingerprint density at radius 1 is 1.28 bits per heavy atom. The fourth-order valence-electron chi connectivity index (χ4n) is 1.91. The van der Waals surface area contributed by atoms with Crippen molar-refractivity contribution in [1.82, 2.24) is 9.88 Å². The molecule has 0 saturated carbocycles. The van der Waals surface area contributed by atoms with Crippen LogP contribution in [0.3, 0.4) is 0 Å². The van der Waals surface area contributed by atoms with Crippen molar-refractivity contribution >= 4 is 5.91 Å². The molecule has 1 fully saturated rings. The zero-order chi connectivity index (χ0) is 13.2. The number of morpholine rings is 1. The number of rotatable bonds is 1. The third-order valence-electron chi connectivity index (χ3n) is 3.08. The van der Waals surface area contributed by atoms with E-state index in [1.54, 1.807) is 6.20 Å². The summed E-state index contributed by atoms with van der Waals surface area (Å²) in [6.07, 6.45) is 1.68. The van der Waals surface area contributed by atoms with Crippen molar-refractivity contribution in [2.45, 2.75) is 26.2 Å². The summed E-state index contributed by atoms with van der Waals surface area (Å²) in [5.41, 5.74) is 1.67. The van der Waals surface area contributed by atoms with Crippen LogP contribution in [0.15, 0.2) is 18.3 Å². The average Bonchev–Trinajstić information content (AvgIpc) is 2.38. The number of amides is 1. The van der Waals surface area contributed by atoms with Crippen LogP contribution < -0.4 is 0 Å². The number of aromatic nitrogens is 1. The number of carbonyl (C=O) groups is 1. The maximum Gasteiger partial charge on any atom is 0.255 e. The van der Waals surface area contributed by atoms with Crippen LogP contribution in [-0.4, -0.2) is 42.1 Å². The predicted octanol–water partition coefficient (Wildman–Crippen LogP) is 1.85. The molecule has 1 aliphatic rings. The monoisotopic (exact) mass is 248 g/mol. The van der Waals surface area contributed by atoms with Crippen LogP contribution in [-0.2, 0) is 10.2 Å². The number of carbonyl (C=O) groups excluding carboxylic acids is 1. The first-order valence-electron chi connectivity index (χ1n) is 6.32. The van der Waals surface area contributed by atoms with Crippen molar-refractivity contribution < 1.29 is 9.53 Å². The van der Waals surface area contributed by atoms with Gasteiger partial charge in [0.1, 0.15) is 0 Å². The normalized spacial score (nSPS) is 16.7. The Labute approximate surface area is 108 Å². The van der Waals surface area contributed by atoms with Crippen LogP contribution in [0.1, 0.15) is 36.8 Å². The lowest BCUT2D eigenvalue weighted by Crippen LogP contribution is -2.40. The number of ether oxygens (including phenoxy) is 1. The minimum atomic E-state index is 0.0144. The predicted molar refractivity (Wildman–Crippen MR) is 69.7 cm³/mol. The molecular weight excluding hydrogens is 228 g/mol. The van der Waals surface area contributed by atoms with E-state index in [4.69, 9.17) is 4.74 Å². The molecule has 1 amide bonds. The Kier molecular flexibility index (Phi) is 3.66. The molecule has 0 radical (unpaired) electrons. The van der Waals surface area contributed by atoms with E-state index >= 15 is 0 Å². The van der Waals surface area contributed by atoms with Crippen LogP contribution in [0.5, 0.6) is 0 Å². The summed E-state index contributed by atoms with van der Waals surface area (Å²) in [6.45, 7) is 8.91. The summed E-state index contributed by atoms with van der Waals surface area (Å²) in [5.74, 6) is 0.0475. The van der Waals surface area contributed by atoms with Crippen molar-refractivity contribution in [3.63, 3.8) is 0 Å². The molecular formula is C14H20N2O2. The molecule has 4 nitrogen and oxygen atoms in total. The summed E-state index contributed by atoms with van der Waals surface area (Å²) in [7, 11) is 0. The van der Waals surface area contributed by atoms with Crippen molar-refractivity contribution in [3.8, 4) is 0 Å². The smallest absolute Gasteiger partial charge is 0.255 e. The fraction of sp³-hybridized carbons (Fsp3) is 0.571. The molecule has 0 unspecified atom stereocenters. The zero-order valence-electron chi connectivity index (χ0n) is 11.3. The van der Waals surface area contributed by atoms with Gasteiger partial charge in [0.05, 0.1) is 18.8 Å².